The van der Waals surface area contributed by atoms with E-state index in [-0.39, 0.29) is 29.9 Å². The number of hydrogen-bond acceptors (Lipinski definition) is 9. The van der Waals surface area contributed by atoms with Crippen LogP contribution < -0.4 is 24.8 Å². The fourth-order valence-corrected chi connectivity index (χ4v) is 7.23. The number of hydrogen-bond donors (Lipinski definition) is 3. The Morgan fingerprint density at radius 3 is 2.39 bits per heavy atom. The first-order chi connectivity index (χ1) is 25.8. The minimum absolute atomic E-state index is 0.0637. The van der Waals surface area contributed by atoms with E-state index in [4.69, 9.17) is 30.8 Å². The molecule has 1 saturated heterocycles. The average Bonchev–Trinajstić information content (AvgIpc) is 3.76. The molecule has 3 heterocycles. The lowest BCUT2D eigenvalue weighted by atomic mass is 9.94. The van der Waals surface area contributed by atoms with Gasteiger partial charge in [-0.15, -0.1) is 0 Å². The molecule has 2 aromatic carbocycles. The number of nitrogens with one attached hydrogen (secondary N) is 2. The number of carbonyl (C=O) groups excluding carboxylic acids is 1. The van der Waals surface area contributed by atoms with Gasteiger partial charge in [0.05, 0.1) is 24.9 Å². The summed E-state index contributed by atoms with van der Waals surface area (Å²) in [5.41, 5.74) is 4.29. The molecule has 1 aliphatic heterocycles. The Kier molecular flexibility index (Phi) is 11.6. The number of rotatable bonds is 14. The summed E-state index contributed by atoms with van der Waals surface area (Å²) in [6.07, 6.45) is -3.30. The van der Waals surface area contributed by atoms with Gasteiger partial charge < -0.3 is 30.0 Å². The fourth-order valence-electron chi connectivity index (χ4n) is 6.90. The molecule has 2 aliphatic rings. The van der Waals surface area contributed by atoms with E-state index in [0.717, 1.165) is 40.3 Å². The first-order valence-corrected chi connectivity index (χ1v) is 17.9. The maximum atomic E-state index is 14.4. The van der Waals surface area contributed by atoms with Gasteiger partial charge in [0, 0.05) is 54.4 Å². The second-order valence-corrected chi connectivity index (χ2v) is 13.8. The van der Waals surface area contributed by atoms with Crippen LogP contribution in [0.15, 0.2) is 54.6 Å². The summed E-state index contributed by atoms with van der Waals surface area (Å²) in [5.74, 6) is -1.32. The number of benzene rings is 2. The van der Waals surface area contributed by atoms with E-state index >= 15 is 0 Å². The molecule has 0 saturated carbocycles. The molecule has 3 atom stereocenters. The van der Waals surface area contributed by atoms with Crippen LogP contribution in [-0.2, 0) is 35.3 Å². The van der Waals surface area contributed by atoms with Gasteiger partial charge in [-0.25, -0.2) is 4.98 Å². The maximum absolute atomic E-state index is 14.4. The number of aliphatic carboxylic acids is 1. The van der Waals surface area contributed by atoms with Crippen molar-refractivity contribution in [1.82, 2.24) is 25.5 Å². The molecule has 1 amide bonds. The van der Waals surface area contributed by atoms with Crippen LogP contribution in [0.5, 0.6) is 17.6 Å². The molecule has 0 spiro atoms. The van der Waals surface area contributed by atoms with Gasteiger partial charge in [0.25, 0.3) is 0 Å². The number of alkyl halides is 3. The number of carboxylic acids is 1. The third kappa shape index (κ3) is 8.25. The predicted octanol–water partition coefficient (Wildman–Crippen LogP) is 6.84. The van der Waals surface area contributed by atoms with Crippen LogP contribution in [0.4, 0.5) is 13.2 Å². The van der Waals surface area contributed by atoms with Gasteiger partial charge in [0.1, 0.15) is 17.7 Å². The summed E-state index contributed by atoms with van der Waals surface area (Å²) in [5, 5.41) is 16.1. The van der Waals surface area contributed by atoms with Crippen LogP contribution in [-0.4, -0.2) is 71.7 Å². The number of aromatic nitrogens is 2. The van der Waals surface area contributed by atoms with Crippen molar-refractivity contribution >= 4 is 23.5 Å². The third-order valence-electron chi connectivity index (χ3n) is 9.92. The predicted molar refractivity (Wildman–Crippen MR) is 196 cm³/mol. The summed E-state index contributed by atoms with van der Waals surface area (Å²) >= 11 is 7.10. The van der Waals surface area contributed by atoms with E-state index in [0.29, 0.717) is 54.5 Å². The molecule has 4 aromatic rings. The molecule has 11 nitrogen and oxygen atoms in total. The van der Waals surface area contributed by atoms with E-state index < -0.39 is 35.7 Å². The Bertz CT molecular complexity index is 2050. The highest BCUT2D eigenvalue weighted by atomic mass is 35.5. The van der Waals surface area contributed by atoms with Gasteiger partial charge >= 0.3 is 12.1 Å². The first-order valence-electron chi connectivity index (χ1n) is 17.5. The molecule has 286 valence electrons. The minimum atomic E-state index is -4.81. The highest BCUT2D eigenvalue weighted by Crippen LogP contribution is 2.46. The first kappa shape index (κ1) is 38.8. The number of likely N-dealkylation sites (N-methyl/N-ethyl adjacent to an activating group) is 1. The Labute approximate surface area is 315 Å². The van der Waals surface area contributed by atoms with Crippen LogP contribution >= 0.6 is 11.6 Å². The summed E-state index contributed by atoms with van der Waals surface area (Å²) in [6.45, 7) is 2.42. The smallest absolute Gasteiger partial charge is 0.421 e. The van der Waals surface area contributed by atoms with Crippen molar-refractivity contribution in [2.45, 2.75) is 70.1 Å². The number of pyridine rings is 2. The molecule has 15 heteroatoms. The van der Waals surface area contributed by atoms with E-state index in [2.05, 4.69) is 15.6 Å². The van der Waals surface area contributed by atoms with Gasteiger partial charge in [-0.2, -0.15) is 18.2 Å². The van der Waals surface area contributed by atoms with Gasteiger partial charge in [-0.05, 0) is 62.1 Å². The molecule has 0 unspecified atom stereocenters. The van der Waals surface area contributed by atoms with E-state index in [1.54, 1.807) is 7.11 Å². The molecule has 6 rings (SSSR count). The maximum Gasteiger partial charge on any atom is 0.421 e. The van der Waals surface area contributed by atoms with Crippen molar-refractivity contribution < 1.29 is 42.1 Å². The zero-order chi connectivity index (χ0) is 38.7. The number of nitrogens with zero attached hydrogens (tertiary/aromatic N) is 3. The Balaban J connectivity index is 1.26. The zero-order valence-corrected chi connectivity index (χ0v) is 31.0. The quantitative estimate of drug-likeness (QED) is 0.125. The number of fused-ring (bicyclic) bond motifs is 1. The molecular weight excluding hydrogens is 727 g/mol. The van der Waals surface area contributed by atoms with Crippen LogP contribution in [0.2, 0.25) is 5.02 Å². The third-order valence-corrected chi connectivity index (χ3v) is 10.3. The lowest BCUT2D eigenvalue weighted by Crippen LogP contribution is -2.35. The van der Waals surface area contributed by atoms with Crippen LogP contribution in [0.1, 0.15) is 60.1 Å². The van der Waals surface area contributed by atoms with Crippen LogP contribution in [0, 0.1) is 0 Å². The zero-order valence-electron chi connectivity index (χ0n) is 30.2. The Hall–Kier alpha value is -4.92. The monoisotopic (exact) mass is 767 g/mol. The number of amides is 1. The second-order valence-electron chi connectivity index (χ2n) is 13.4. The van der Waals surface area contributed by atoms with Crippen LogP contribution in [0.25, 0.3) is 22.4 Å². The summed E-state index contributed by atoms with van der Waals surface area (Å²) in [7, 11) is 4.33. The van der Waals surface area contributed by atoms with Crippen molar-refractivity contribution in [3.05, 3.63) is 87.4 Å². The number of methoxy groups -OCH3 is 2. The molecule has 0 bridgehead atoms. The van der Waals surface area contributed by atoms with Gasteiger partial charge in [-0.3, -0.25) is 14.5 Å². The summed E-state index contributed by atoms with van der Waals surface area (Å²) < 4.78 is 60.4. The van der Waals surface area contributed by atoms with Crippen molar-refractivity contribution in [3.8, 4) is 40.0 Å². The van der Waals surface area contributed by atoms with Crippen molar-refractivity contribution in [2.24, 2.45) is 0 Å². The molecule has 1 fully saturated rings. The highest BCUT2D eigenvalue weighted by molar-refractivity contribution is 6.36. The summed E-state index contributed by atoms with van der Waals surface area (Å²) in [6, 6.07) is 15.0. The number of carbonyl (C=O) groups is 2. The lowest BCUT2D eigenvalue weighted by Gasteiger charge is -2.24. The van der Waals surface area contributed by atoms with E-state index in [9.17, 15) is 27.9 Å². The highest BCUT2D eigenvalue weighted by Gasteiger charge is 2.39. The molecule has 54 heavy (non-hydrogen) atoms. The van der Waals surface area contributed by atoms with Gasteiger partial charge in [-0.1, -0.05) is 54.1 Å². The second kappa shape index (κ2) is 16.2. The molecular formula is C39H41ClF3N5O6. The van der Waals surface area contributed by atoms with Crippen molar-refractivity contribution in [1.29, 1.82) is 0 Å². The largest absolute Gasteiger partial charge is 0.481 e. The van der Waals surface area contributed by atoms with Crippen LogP contribution in [0.3, 0.4) is 0 Å². The molecule has 2 aromatic heterocycles. The Morgan fingerprint density at radius 2 is 1.70 bits per heavy atom. The fraction of sp³-hybridized carbons (Fsp3) is 0.385. The van der Waals surface area contributed by atoms with E-state index in [1.807, 2.05) is 48.5 Å². The van der Waals surface area contributed by atoms with Crippen molar-refractivity contribution in [2.75, 3.05) is 27.8 Å². The Morgan fingerprint density at radius 1 is 1.00 bits per heavy atom. The molecule has 1 aliphatic carbocycles. The lowest BCUT2D eigenvalue weighted by molar-refractivity contribution is -0.142. The van der Waals surface area contributed by atoms with E-state index in [1.165, 1.54) is 26.0 Å². The molecule has 3 N–H and O–H groups in total. The normalized spacial score (nSPS) is 17.3. The topological polar surface area (TPSA) is 135 Å². The molecule has 0 radical (unpaired) electrons. The minimum Gasteiger partial charge on any atom is -0.481 e. The number of ether oxygens (including phenoxy) is 3. The standard InChI is InChI=1S/C39H41ClF3N5O6/c1-21(38(50)51)48(2)20-23-17-30(39(41,42)43)37(47-36(23)53-4)54-32-15-13-26-25(7-5-8-27(26)32)28-9-6-10-29(34(28)40)31-14-11-22(35(46-31)52-3)18-44-19-24-12-16-33(49)45-24/h5-11,14,17,21,24,32,44H,12-13,15-16,18-20H2,1-4H3,(H,45,49)(H,50,51)/t21-,24-,32-/m0/s1. The summed E-state index contributed by atoms with van der Waals surface area (Å²) in [4.78, 5) is 33.3. The number of carboxylic acid groups (broad SMARTS) is 1. The van der Waals surface area contributed by atoms with Gasteiger partial charge in [0.2, 0.25) is 23.5 Å². The number of halogens is 4. The van der Waals surface area contributed by atoms with Crippen molar-refractivity contribution in [3.63, 3.8) is 0 Å². The SMILES string of the molecule is COc1nc(-c2cccc(-c3cccc4c3CC[C@@H]4Oc3nc(OC)c(CN(C)[C@@H](C)C(=O)O)cc3C(F)(F)F)c2Cl)ccc1CNC[C@@H]1CCC(=O)N1. The van der Waals surface area contributed by atoms with Gasteiger partial charge in [0.15, 0.2) is 0 Å². The average molecular weight is 768 g/mol.